The van der Waals surface area contributed by atoms with Crippen LogP contribution in [-0.2, 0) is 21.4 Å². The molecule has 4 N–H and O–H groups in total. The molecule has 9 heteroatoms. The van der Waals surface area contributed by atoms with Gasteiger partial charge in [-0.25, -0.2) is 0 Å². The van der Waals surface area contributed by atoms with Crippen LogP contribution in [0, 0.1) is 0 Å². The first-order chi connectivity index (χ1) is 9.92. The van der Waals surface area contributed by atoms with Gasteiger partial charge in [-0.05, 0) is 31.4 Å². The third kappa shape index (κ3) is 3.69. The number of nitrogens with one attached hydrogen (secondary N) is 1. The highest BCUT2D eigenvalue weighted by Gasteiger charge is 2.27. The number of rotatable bonds is 6. The van der Waals surface area contributed by atoms with Gasteiger partial charge >= 0.3 is 16.2 Å². The van der Waals surface area contributed by atoms with Crippen molar-refractivity contribution in [2.45, 2.75) is 25.3 Å². The summed E-state index contributed by atoms with van der Waals surface area (Å²) >= 11 is 0. The second-order valence-corrected chi connectivity index (χ2v) is 6.46. The minimum Gasteiger partial charge on any atom is -0.480 e. The normalized spacial score (nSPS) is 16.3. The van der Waals surface area contributed by atoms with Crippen LogP contribution in [0.1, 0.15) is 18.5 Å². The third-order valence-corrected chi connectivity index (χ3v) is 4.79. The molecule has 0 saturated heterocycles. The molecule has 8 nitrogen and oxygen atoms in total. The van der Waals surface area contributed by atoms with E-state index in [9.17, 15) is 13.2 Å². The molecule has 0 aliphatic carbocycles. The molecule has 0 aromatic carbocycles. The summed E-state index contributed by atoms with van der Waals surface area (Å²) in [6.07, 6.45) is 3.10. The van der Waals surface area contributed by atoms with Gasteiger partial charge in [-0.1, -0.05) is 0 Å². The van der Waals surface area contributed by atoms with Crippen LogP contribution in [0.3, 0.4) is 0 Å². The van der Waals surface area contributed by atoms with Crippen molar-refractivity contribution in [1.82, 2.24) is 9.71 Å². The van der Waals surface area contributed by atoms with Crippen LogP contribution in [0.25, 0.3) is 0 Å². The molecule has 2 rings (SSSR count). The van der Waals surface area contributed by atoms with Crippen LogP contribution >= 0.6 is 0 Å². The fraction of sp³-hybridized carbons (Fsp3) is 0.500. The lowest BCUT2D eigenvalue weighted by atomic mass is 10.1. The standard InChI is InChI=1S/C12H18N4O4S/c13-9(12(17)18)5-7-15-21(19,20)16-8-2-3-10-11(16)4-1-6-14-10/h1,4,6,9,15H,2-3,5,7-8,13H2,(H,17,18). The molecule has 0 amide bonds. The fourth-order valence-corrected chi connectivity index (χ4v) is 3.48. The summed E-state index contributed by atoms with van der Waals surface area (Å²) in [6, 6.07) is 2.32. The summed E-state index contributed by atoms with van der Waals surface area (Å²) in [7, 11) is -3.72. The predicted octanol–water partition coefficient (Wildman–Crippen LogP) is -0.529. The molecule has 0 saturated carbocycles. The number of carboxylic acid groups (broad SMARTS) is 1. The molecule has 1 aromatic heterocycles. The Labute approximate surface area is 123 Å². The van der Waals surface area contributed by atoms with Crippen molar-refractivity contribution in [3.63, 3.8) is 0 Å². The first-order valence-corrected chi connectivity index (χ1v) is 8.05. The van der Waals surface area contributed by atoms with E-state index in [0.717, 1.165) is 12.1 Å². The van der Waals surface area contributed by atoms with Crippen LogP contribution in [-0.4, -0.2) is 43.6 Å². The summed E-state index contributed by atoms with van der Waals surface area (Å²) < 4.78 is 28.2. The summed E-state index contributed by atoms with van der Waals surface area (Å²) in [5, 5.41) is 8.67. The van der Waals surface area contributed by atoms with E-state index >= 15 is 0 Å². The van der Waals surface area contributed by atoms with Crippen LogP contribution in [0.15, 0.2) is 18.3 Å². The zero-order valence-electron chi connectivity index (χ0n) is 11.4. The van der Waals surface area contributed by atoms with Crippen molar-refractivity contribution in [2.24, 2.45) is 5.73 Å². The van der Waals surface area contributed by atoms with Crippen molar-refractivity contribution in [2.75, 3.05) is 17.4 Å². The van der Waals surface area contributed by atoms with Crippen molar-refractivity contribution in [3.8, 4) is 0 Å². The van der Waals surface area contributed by atoms with Gasteiger partial charge in [-0.15, -0.1) is 0 Å². The molecular weight excluding hydrogens is 296 g/mol. The number of aryl methyl sites for hydroxylation is 1. The molecule has 0 radical (unpaired) electrons. The van der Waals surface area contributed by atoms with E-state index in [1.807, 2.05) is 0 Å². The van der Waals surface area contributed by atoms with E-state index < -0.39 is 22.2 Å². The SMILES string of the molecule is NC(CCNS(=O)(=O)N1CCCc2ncccc21)C(=O)O. The van der Waals surface area contributed by atoms with E-state index in [1.54, 1.807) is 18.3 Å². The number of carboxylic acids is 1. The molecule has 0 fully saturated rings. The number of anilines is 1. The quantitative estimate of drug-likeness (QED) is 0.648. The second-order valence-electron chi connectivity index (χ2n) is 4.78. The smallest absolute Gasteiger partial charge is 0.320 e. The lowest BCUT2D eigenvalue weighted by molar-refractivity contribution is -0.138. The molecule has 1 aliphatic rings. The Balaban J connectivity index is 2.05. The Morgan fingerprint density at radius 2 is 2.33 bits per heavy atom. The molecule has 116 valence electrons. The van der Waals surface area contributed by atoms with E-state index in [-0.39, 0.29) is 13.0 Å². The maximum Gasteiger partial charge on any atom is 0.320 e. The number of nitrogens with zero attached hydrogens (tertiary/aromatic N) is 2. The van der Waals surface area contributed by atoms with Crippen molar-refractivity contribution in [3.05, 3.63) is 24.0 Å². The largest absolute Gasteiger partial charge is 0.480 e. The number of nitrogens with two attached hydrogens (primary N) is 1. The topological polar surface area (TPSA) is 126 Å². The van der Waals surface area contributed by atoms with E-state index in [4.69, 9.17) is 10.8 Å². The first kappa shape index (κ1) is 15.7. The fourth-order valence-electron chi connectivity index (χ4n) is 2.15. The van der Waals surface area contributed by atoms with Gasteiger partial charge in [-0.2, -0.15) is 13.1 Å². The Hall–Kier alpha value is -1.71. The summed E-state index contributed by atoms with van der Waals surface area (Å²) in [4.78, 5) is 14.8. The van der Waals surface area contributed by atoms with Gasteiger partial charge in [0.2, 0.25) is 0 Å². The van der Waals surface area contributed by atoms with Crippen LogP contribution in [0.4, 0.5) is 5.69 Å². The number of hydrogen-bond donors (Lipinski definition) is 3. The molecule has 1 aliphatic heterocycles. The molecule has 1 atom stereocenters. The number of aliphatic carboxylic acids is 1. The number of fused-ring (bicyclic) bond motifs is 1. The highest BCUT2D eigenvalue weighted by molar-refractivity contribution is 7.90. The van der Waals surface area contributed by atoms with Gasteiger partial charge in [0, 0.05) is 19.3 Å². The Kier molecular flexibility index (Phi) is 4.76. The van der Waals surface area contributed by atoms with Crippen molar-refractivity contribution in [1.29, 1.82) is 0 Å². The first-order valence-electron chi connectivity index (χ1n) is 6.61. The highest BCUT2D eigenvalue weighted by Crippen LogP contribution is 2.26. The Bertz CT molecular complexity index is 619. The van der Waals surface area contributed by atoms with Crippen molar-refractivity contribution < 1.29 is 18.3 Å². The molecular formula is C12H18N4O4S. The maximum absolute atomic E-state index is 12.3. The van der Waals surface area contributed by atoms with Crippen LogP contribution in [0.5, 0.6) is 0 Å². The minimum absolute atomic E-state index is 0.0259. The van der Waals surface area contributed by atoms with E-state index in [1.165, 1.54) is 4.31 Å². The summed E-state index contributed by atoms with van der Waals surface area (Å²) in [5.74, 6) is -1.15. The third-order valence-electron chi connectivity index (χ3n) is 3.26. The van der Waals surface area contributed by atoms with Gasteiger partial charge in [0.15, 0.2) is 0 Å². The van der Waals surface area contributed by atoms with Gasteiger partial charge in [0.25, 0.3) is 0 Å². The van der Waals surface area contributed by atoms with Gasteiger partial charge < -0.3 is 10.8 Å². The monoisotopic (exact) mass is 314 g/mol. The van der Waals surface area contributed by atoms with E-state index in [2.05, 4.69) is 9.71 Å². The number of carbonyl (C=O) groups is 1. The van der Waals surface area contributed by atoms with Gasteiger partial charge in [0.1, 0.15) is 6.04 Å². The average molecular weight is 314 g/mol. The zero-order valence-corrected chi connectivity index (χ0v) is 12.2. The van der Waals surface area contributed by atoms with Crippen LogP contribution < -0.4 is 14.8 Å². The number of aromatic nitrogens is 1. The molecule has 21 heavy (non-hydrogen) atoms. The lowest BCUT2D eigenvalue weighted by Gasteiger charge is -2.29. The predicted molar refractivity (Wildman–Crippen MR) is 77.1 cm³/mol. The summed E-state index contributed by atoms with van der Waals surface area (Å²) in [5.41, 5.74) is 6.66. The highest BCUT2D eigenvalue weighted by atomic mass is 32.2. The molecule has 2 heterocycles. The number of hydrogen-bond acceptors (Lipinski definition) is 5. The summed E-state index contributed by atoms with van der Waals surface area (Å²) in [6.45, 7) is 0.348. The number of pyridine rings is 1. The molecule has 0 bridgehead atoms. The molecule has 1 unspecified atom stereocenters. The average Bonchev–Trinajstić information content (AvgIpc) is 2.46. The van der Waals surface area contributed by atoms with Crippen molar-refractivity contribution >= 4 is 21.9 Å². The second kappa shape index (κ2) is 6.37. The lowest BCUT2D eigenvalue weighted by Crippen LogP contribution is -2.45. The minimum atomic E-state index is -3.72. The van der Waals surface area contributed by atoms with E-state index in [0.29, 0.717) is 18.7 Å². The zero-order chi connectivity index (χ0) is 15.5. The Morgan fingerprint density at radius 1 is 1.57 bits per heavy atom. The molecule has 0 spiro atoms. The van der Waals surface area contributed by atoms with Gasteiger partial charge in [0.05, 0.1) is 11.4 Å². The van der Waals surface area contributed by atoms with Gasteiger partial charge in [-0.3, -0.25) is 14.1 Å². The molecule has 1 aromatic rings. The Morgan fingerprint density at radius 3 is 3.05 bits per heavy atom. The maximum atomic E-state index is 12.3. The van der Waals surface area contributed by atoms with Crippen LogP contribution in [0.2, 0.25) is 0 Å².